The van der Waals surface area contributed by atoms with Crippen LogP contribution in [-0.4, -0.2) is 37.5 Å². The topological polar surface area (TPSA) is 119 Å². The molecule has 2 aromatic heterocycles. The van der Waals surface area contributed by atoms with Crippen LogP contribution in [0, 0.1) is 0 Å². The van der Waals surface area contributed by atoms with Crippen LogP contribution in [0.3, 0.4) is 0 Å². The number of H-pyrrole nitrogens is 1. The van der Waals surface area contributed by atoms with Crippen molar-refractivity contribution in [1.82, 2.24) is 19.1 Å². The number of aryl methyl sites for hydroxylation is 2. The third kappa shape index (κ3) is 3.95. The number of ether oxygens (including phenoxy) is 1. The lowest BCUT2D eigenvalue weighted by Crippen LogP contribution is -2.31. The molecule has 32 heavy (non-hydrogen) atoms. The van der Waals surface area contributed by atoms with E-state index in [9.17, 15) is 19.2 Å². The Balaban J connectivity index is 1.57. The van der Waals surface area contributed by atoms with Gasteiger partial charge >= 0.3 is 11.7 Å². The highest BCUT2D eigenvalue weighted by molar-refractivity contribution is 5.97. The third-order valence-corrected chi connectivity index (χ3v) is 5.64. The van der Waals surface area contributed by atoms with Crippen molar-refractivity contribution in [3.05, 3.63) is 56.5 Å². The highest BCUT2D eigenvalue weighted by Gasteiger charge is 2.23. The van der Waals surface area contributed by atoms with Gasteiger partial charge in [-0.2, -0.15) is 0 Å². The predicted octanol–water partition coefficient (Wildman–Crippen LogP) is 1.71. The van der Waals surface area contributed by atoms with Crippen LogP contribution in [0.2, 0.25) is 0 Å². The maximum absolute atomic E-state index is 12.6. The molecule has 0 unspecified atom stereocenters. The molecule has 1 aliphatic rings. The van der Waals surface area contributed by atoms with Crippen molar-refractivity contribution < 1.29 is 14.3 Å². The standard InChI is InChI=1S/C22H25N5O5/c1-3-4-10-27-19-18(20(29)24-22(27)31)25(2)16(23-19)13-32-21(30)14-7-5-8-15(12-14)26-11-6-9-17(26)28/h5,7-8,12H,3-4,6,9-11,13H2,1-2H3,(H,24,29,31). The summed E-state index contributed by atoms with van der Waals surface area (Å²) in [5.41, 5.74) is 0.464. The van der Waals surface area contributed by atoms with Crippen LogP contribution in [-0.2, 0) is 29.7 Å². The van der Waals surface area contributed by atoms with Crippen molar-refractivity contribution in [2.75, 3.05) is 11.4 Å². The Morgan fingerprint density at radius 2 is 2.06 bits per heavy atom. The number of benzene rings is 1. The number of fused-ring (bicyclic) bond motifs is 1. The maximum atomic E-state index is 12.6. The molecule has 3 heterocycles. The number of nitrogens with zero attached hydrogens (tertiary/aromatic N) is 4. The summed E-state index contributed by atoms with van der Waals surface area (Å²) in [6.07, 6.45) is 2.94. The molecule has 1 saturated heterocycles. The number of nitrogens with one attached hydrogen (secondary N) is 1. The van der Waals surface area contributed by atoms with E-state index < -0.39 is 17.2 Å². The Bertz CT molecular complexity index is 1300. The fraction of sp³-hybridized carbons (Fsp3) is 0.409. The molecule has 0 radical (unpaired) electrons. The van der Waals surface area contributed by atoms with Crippen LogP contribution in [0.25, 0.3) is 11.2 Å². The average Bonchev–Trinajstić information content (AvgIpc) is 3.35. The number of imidazole rings is 1. The molecule has 0 saturated carbocycles. The van der Waals surface area contributed by atoms with Gasteiger partial charge in [0.25, 0.3) is 5.56 Å². The van der Waals surface area contributed by atoms with Crippen LogP contribution < -0.4 is 16.1 Å². The van der Waals surface area contributed by atoms with Crippen molar-refractivity contribution in [1.29, 1.82) is 0 Å². The maximum Gasteiger partial charge on any atom is 0.338 e. The zero-order chi connectivity index (χ0) is 22.8. The summed E-state index contributed by atoms with van der Waals surface area (Å²) in [7, 11) is 1.64. The van der Waals surface area contributed by atoms with E-state index in [4.69, 9.17) is 4.74 Å². The minimum absolute atomic E-state index is 0.0366. The van der Waals surface area contributed by atoms with E-state index in [2.05, 4.69) is 9.97 Å². The largest absolute Gasteiger partial charge is 0.454 e. The Kier molecular flexibility index (Phi) is 5.93. The summed E-state index contributed by atoms with van der Waals surface area (Å²) >= 11 is 0. The van der Waals surface area contributed by atoms with Gasteiger partial charge in [0.2, 0.25) is 5.91 Å². The highest BCUT2D eigenvalue weighted by Crippen LogP contribution is 2.23. The number of aromatic amines is 1. The summed E-state index contributed by atoms with van der Waals surface area (Å²) in [4.78, 5) is 57.6. The predicted molar refractivity (Wildman–Crippen MR) is 118 cm³/mol. The van der Waals surface area contributed by atoms with E-state index in [1.165, 1.54) is 9.13 Å². The number of carbonyl (C=O) groups is 2. The zero-order valence-corrected chi connectivity index (χ0v) is 18.1. The highest BCUT2D eigenvalue weighted by atomic mass is 16.5. The summed E-state index contributed by atoms with van der Waals surface area (Å²) in [5, 5.41) is 0. The van der Waals surface area contributed by atoms with Crippen LogP contribution in [0.1, 0.15) is 48.8 Å². The SMILES string of the molecule is CCCCn1c(=O)[nH]c(=O)c2c1nc(COC(=O)c1cccc(N3CCCC3=O)c1)n2C. The first-order valence-corrected chi connectivity index (χ1v) is 10.7. The van der Waals surface area contributed by atoms with Gasteiger partial charge in [0.15, 0.2) is 11.2 Å². The third-order valence-electron chi connectivity index (χ3n) is 5.64. The number of esters is 1. The minimum Gasteiger partial charge on any atom is -0.454 e. The van der Waals surface area contributed by atoms with Crippen LogP contribution in [0.15, 0.2) is 33.9 Å². The van der Waals surface area contributed by atoms with Gasteiger partial charge in [0.05, 0.1) is 5.56 Å². The van der Waals surface area contributed by atoms with E-state index in [1.54, 1.807) is 36.2 Å². The first kappa shape index (κ1) is 21.5. The number of hydrogen-bond donors (Lipinski definition) is 1. The number of hydrogen-bond acceptors (Lipinski definition) is 6. The molecular weight excluding hydrogens is 414 g/mol. The monoisotopic (exact) mass is 439 g/mol. The Hall–Kier alpha value is -3.69. The average molecular weight is 439 g/mol. The normalized spacial score (nSPS) is 13.8. The molecule has 168 valence electrons. The molecule has 1 amide bonds. The first-order chi connectivity index (χ1) is 15.4. The van der Waals surface area contributed by atoms with Crippen LogP contribution >= 0.6 is 0 Å². The lowest BCUT2D eigenvalue weighted by atomic mass is 10.2. The smallest absolute Gasteiger partial charge is 0.338 e. The van der Waals surface area contributed by atoms with Crippen LogP contribution in [0.5, 0.6) is 0 Å². The van der Waals surface area contributed by atoms with Gasteiger partial charge in [-0.3, -0.25) is 19.1 Å². The summed E-state index contributed by atoms with van der Waals surface area (Å²) in [5.74, 6) is -0.182. The van der Waals surface area contributed by atoms with E-state index >= 15 is 0 Å². The molecule has 0 spiro atoms. The number of anilines is 1. The van der Waals surface area contributed by atoms with Crippen molar-refractivity contribution in [3.8, 4) is 0 Å². The fourth-order valence-electron chi connectivity index (χ4n) is 3.88. The number of unbranched alkanes of at least 4 members (excludes halogenated alkanes) is 1. The molecule has 1 aromatic carbocycles. The molecule has 0 atom stereocenters. The van der Waals surface area contributed by atoms with Gasteiger partial charge in [0, 0.05) is 32.2 Å². The molecule has 1 N–H and O–H groups in total. The zero-order valence-electron chi connectivity index (χ0n) is 18.1. The Morgan fingerprint density at radius 3 is 2.78 bits per heavy atom. The second-order valence-corrected chi connectivity index (χ2v) is 7.80. The summed E-state index contributed by atoms with van der Waals surface area (Å²) in [6, 6.07) is 6.74. The lowest BCUT2D eigenvalue weighted by Gasteiger charge is -2.16. The number of amides is 1. The Morgan fingerprint density at radius 1 is 1.25 bits per heavy atom. The molecule has 4 rings (SSSR count). The van der Waals surface area contributed by atoms with Gasteiger partial charge in [-0.1, -0.05) is 19.4 Å². The number of rotatable bonds is 7. The van der Waals surface area contributed by atoms with Gasteiger partial charge < -0.3 is 14.2 Å². The molecule has 1 fully saturated rings. The molecule has 1 aliphatic heterocycles. The van der Waals surface area contributed by atoms with Gasteiger partial charge in [-0.25, -0.2) is 14.6 Å². The summed E-state index contributed by atoms with van der Waals surface area (Å²) < 4.78 is 8.40. The van der Waals surface area contributed by atoms with Crippen molar-refractivity contribution >= 4 is 28.7 Å². The van der Waals surface area contributed by atoms with Crippen LogP contribution in [0.4, 0.5) is 5.69 Å². The minimum atomic E-state index is -0.567. The number of carbonyl (C=O) groups excluding carboxylic acids is 2. The molecule has 0 aliphatic carbocycles. The molecule has 3 aromatic rings. The molecule has 10 heteroatoms. The van der Waals surface area contributed by atoms with E-state index in [0.29, 0.717) is 36.6 Å². The van der Waals surface area contributed by atoms with E-state index in [1.807, 2.05) is 6.92 Å². The molecule has 0 bridgehead atoms. The van der Waals surface area contributed by atoms with Crippen molar-refractivity contribution in [2.45, 2.75) is 45.8 Å². The Labute approximate surface area is 183 Å². The van der Waals surface area contributed by atoms with Crippen molar-refractivity contribution in [3.63, 3.8) is 0 Å². The van der Waals surface area contributed by atoms with E-state index in [-0.39, 0.29) is 23.7 Å². The molecule has 10 nitrogen and oxygen atoms in total. The summed E-state index contributed by atoms with van der Waals surface area (Å²) in [6.45, 7) is 2.90. The second kappa shape index (κ2) is 8.81. The molecular formula is C22H25N5O5. The lowest BCUT2D eigenvalue weighted by molar-refractivity contribution is -0.117. The van der Waals surface area contributed by atoms with Gasteiger partial charge in [-0.15, -0.1) is 0 Å². The first-order valence-electron chi connectivity index (χ1n) is 10.7. The van der Waals surface area contributed by atoms with Gasteiger partial charge in [0.1, 0.15) is 12.4 Å². The van der Waals surface area contributed by atoms with E-state index in [0.717, 1.165) is 19.3 Å². The number of aromatic nitrogens is 4. The fourth-order valence-corrected chi connectivity index (χ4v) is 3.88. The van der Waals surface area contributed by atoms with Crippen molar-refractivity contribution in [2.24, 2.45) is 7.05 Å². The quantitative estimate of drug-likeness (QED) is 0.560. The second-order valence-electron chi connectivity index (χ2n) is 7.80. The van der Waals surface area contributed by atoms with Gasteiger partial charge in [-0.05, 0) is 31.0 Å².